The minimum Gasteiger partial charge on any atom is -0.479 e. The van der Waals surface area contributed by atoms with Crippen molar-refractivity contribution in [2.45, 2.75) is 25.9 Å². The molecule has 1 aromatic carbocycles. The third-order valence-electron chi connectivity index (χ3n) is 3.60. The lowest BCUT2D eigenvalue weighted by molar-refractivity contribution is -0.127. The van der Waals surface area contributed by atoms with E-state index in [1.54, 1.807) is 25.1 Å². The van der Waals surface area contributed by atoms with E-state index in [1.807, 2.05) is 0 Å². The highest BCUT2D eigenvalue weighted by molar-refractivity contribution is 6.42. The molecule has 2 atom stereocenters. The first-order valence-electron chi connectivity index (χ1n) is 7.17. The summed E-state index contributed by atoms with van der Waals surface area (Å²) in [6.07, 6.45) is 1.56. The van der Waals surface area contributed by atoms with Gasteiger partial charge < -0.3 is 15.4 Å². The zero-order chi connectivity index (χ0) is 15.2. The molecule has 4 nitrogen and oxygen atoms in total. The molecule has 124 valence electrons. The number of hydrogen-bond acceptors (Lipinski definition) is 3. The number of carbonyl (C=O) groups excluding carboxylic acids is 1. The van der Waals surface area contributed by atoms with Crippen molar-refractivity contribution >= 4 is 41.5 Å². The fourth-order valence-corrected chi connectivity index (χ4v) is 2.66. The van der Waals surface area contributed by atoms with Crippen molar-refractivity contribution < 1.29 is 9.53 Å². The molecule has 1 aromatic rings. The Morgan fingerprint density at radius 2 is 2.27 bits per heavy atom. The first-order valence-corrected chi connectivity index (χ1v) is 7.92. The van der Waals surface area contributed by atoms with E-state index in [0.29, 0.717) is 28.3 Å². The number of carbonyl (C=O) groups is 1. The van der Waals surface area contributed by atoms with Gasteiger partial charge in [-0.2, -0.15) is 0 Å². The average molecular weight is 368 g/mol. The summed E-state index contributed by atoms with van der Waals surface area (Å²) < 4.78 is 5.57. The molecule has 0 aliphatic carbocycles. The van der Waals surface area contributed by atoms with Gasteiger partial charge in [0.05, 0.1) is 5.02 Å². The normalized spacial score (nSPS) is 18.4. The van der Waals surface area contributed by atoms with E-state index in [1.165, 1.54) is 6.42 Å². The number of ether oxygens (including phenoxy) is 1. The van der Waals surface area contributed by atoms with Gasteiger partial charge in [0.1, 0.15) is 10.8 Å². The smallest absolute Gasteiger partial charge is 0.260 e. The van der Waals surface area contributed by atoms with E-state index in [2.05, 4.69) is 10.6 Å². The predicted octanol–water partition coefficient (Wildman–Crippen LogP) is 3.30. The SMILES string of the molecule is CC(Oc1cccc(Cl)c1Cl)C(=O)NCCC1CCNC1.Cl. The summed E-state index contributed by atoms with van der Waals surface area (Å²) in [5, 5.41) is 6.95. The van der Waals surface area contributed by atoms with Gasteiger partial charge in [0.15, 0.2) is 6.10 Å². The molecule has 0 bridgehead atoms. The van der Waals surface area contributed by atoms with Gasteiger partial charge in [0.25, 0.3) is 5.91 Å². The zero-order valence-corrected chi connectivity index (χ0v) is 14.7. The highest BCUT2D eigenvalue weighted by atomic mass is 35.5. The number of amides is 1. The third-order valence-corrected chi connectivity index (χ3v) is 4.40. The Hall–Kier alpha value is -0.680. The van der Waals surface area contributed by atoms with E-state index in [9.17, 15) is 4.79 Å². The Morgan fingerprint density at radius 1 is 1.50 bits per heavy atom. The molecule has 1 amide bonds. The third kappa shape index (κ3) is 5.51. The van der Waals surface area contributed by atoms with Crippen LogP contribution in [0.15, 0.2) is 18.2 Å². The molecule has 0 aromatic heterocycles. The minimum absolute atomic E-state index is 0. The van der Waals surface area contributed by atoms with Crippen LogP contribution in [0.5, 0.6) is 5.75 Å². The van der Waals surface area contributed by atoms with Crippen LogP contribution >= 0.6 is 35.6 Å². The second-order valence-electron chi connectivity index (χ2n) is 5.25. The van der Waals surface area contributed by atoms with Crippen molar-refractivity contribution in [1.82, 2.24) is 10.6 Å². The number of halogens is 3. The van der Waals surface area contributed by atoms with E-state index in [0.717, 1.165) is 19.5 Å². The van der Waals surface area contributed by atoms with Crippen LogP contribution in [0.4, 0.5) is 0 Å². The van der Waals surface area contributed by atoms with Gasteiger partial charge in [-0.3, -0.25) is 4.79 Å². The Kier molecular flexibility index (Phi) is 8.33. The lowest BCUT2D eigenvalue weighted by Gasteiger charge is -2.16. The molecule has 1 aliphatic heterocycles. The molecule has 7 heteroatoms. The molecular formula is C15H21Cl3N2O2. The van der Waals surface area contributed by atoms with E-state index >= 15 is 0 Å². The lowest BCUT2D eigenvalue weighted by atomic mass is 10.1. The van der Waals surface area contributed by atoms with E-state index in [-0.39, 0.29) is 18.3 Å². The fraction of sp³-hybridized carbons (Fsp3) is 0.533. The standard InChI is InChI=1S/C15H20Cl2N2O2.ClH/c1-10(21-13-4-2-3-12(16)14(13)17)15(20)19-8-6-11-5-7-18-9-11;/h2-4,10-11,18H,5-9H2,1H3,(H,19,20);1H. The molecule has 2 rings (SSSR count). The topological polar surface area (TPSA) is 50.4 Å². The molecule has 1 fully saturated rings. The van der Waals surface area contributed by atoms with Crippen LogP contribution in [0.25, 0.3) is 0 Å². The molecule has 1 heterocycles. The van der Waals surface area contributed by atoms with Crippen LogP contribution in [0.1, 0.15) is 19.8 Å². The second-order valence-corrected chi connectivity index (χ2v) is 6.04. The Labute approximate surface area is 147 Å². The molecular weight excluding hydrogens is 347 g/mol. The highest BCUT2D eigenvalue weighted by Crippen LogP contribution is 2.32. The van der Waals surface area contributed by atoms with Crippen molar-refractivity contribution in [3.8, 4) is 5.75 Å². The first-order chi connectivity index (χ1) is 10.1. The largest absolute Gasteiger partial charge is 0.479 e. The van der Waals surface area contributed by atoms with Crippen molar-refractivity contribution in [1.29, 1.82) is 0 Å². The van der Waals surface area contributed by atoms with Gasteiger partial charge in [-0.25, -0.2) is 0 Å². The lowest BCUT2D eigenvalue weighted by Crippen LogP contribution is -2.37. The van der Waals surface area contributed by atoms with Crippen molar-refractivity contribution in [2.24, 2.45) is 5.92 Å². The van der Waals surface area contributed by atoms with Gasteiger partial charge in [0.2, 0.25) is 0 Å². The molecule has 22 heavy (non-hydrogen) atoms. The number of benzene rings is 1. The average Bonchev–Trinajstić information content (AvgIpc) is 2.97. The molecule has 1 saturated heterocycles. The number of nitrogens with one attached hydrogen (secondary N) is 2. The molecule has 2 unspecified atom stereocenters. The molecule has 0 saturated carbocycles. The Morgan fingerprint density at radius 3 is 2.95 bits per heavy atom. The van der Waals surface area contributed by atoms with Crippen molar-refractivity contribution in [3.63, 3.8) is 0 Å². The fourth-order valence-electron chi connectivity index (χ4n) is 2.32. The van der Waals surface area contributed by atoms with Crippen LogP contribution in [-0.2, 0) is 4.79 Å². The van der Waals surface area contributed by atoms with Crippen LogP contribution in [0, 0.1) is 5.92 Å². The summed E-state index contributed by atoms with van der Waals surface area (Å²) in [7, 11) is 0. The monoisotopic (exact) mass is 366 g/mol. The summed E-state index contributed by atoms with van der Waals surface area (Å²) in [4.78, 5) is 12.0. The van der Waals surface area contributed by atoms with Crippen LogP contribution in [0.3, 0.4) is 0 Å². The van der Waals surface area contributed by atoms with Crippen molar-refractivity contribution in [2.75, 3.05) is 19.6 Å². The number of rotatable bonds is 6. The summed E-state index contributed by atoms with van der Waals surface area (Å²) >= 11 is 12.0. The van der Waals surface area contributed by atoms with Gasteiger partial charge in [-0.15, -0.1) is 12.4 Å². The summed E-state index contributed by atoms with van der Waals surface area (Å²) in [5.41, 5.74) is 0. The Bertz CT molecular complexity index is 494. The maximum absolute atomic E-state index is 12.0. The Balaban J connectivity index is 0.00000242. The van der Waals surface area contributed by atoms with E-state index in [4.69, 9.17) is 27.9 Å². The second kappa shape index (κ2) is 9.46. The predicted molar refractivity (Wildman–Crippen MR) is 92.4 cm³/mol. The number of hydrogen-bond donors (Lipinski definition) is 2. The zero-order valence-electron chi connectivity index (χ0n) is 12.4. The molecule has 0 radical (unpaired) electrons. The maximum Gasteiger partial charge on any atom is 0.260 e. The van der Waals surface area contributed by atoms with Gasteiger partial charge in [0, 0.05) is 6.54 Å². The van der Waals surface area contributed by atoms with Crippen LogP contribution in [-0.4, -0.2) is 31.6 Å². The first kappa shape index (κ1) is 19.4. The molecule has 2 N–H and O–H groups in total. The maximum atomic E-state index is 12.0. The summed E-state index contributed by atoms with van der Waals surface area (Å²) in [5.74, 6) is 0.938. The highest BCUT2D eigenvalue weighted by Gasteiger charge is 2.18. The van der Waals surface area contributed by atoms with Gasteiger partial charge >= 0.3 is 0 Å². The molecule has 0 spiro atoms. The minimum atomic E-state index is -0.609. The van der Waals surface area contributed by atoms with Crippen molar-refractivity contribution in [3.05, 3.63) is 28.2 Å². The molecule has 1 aliphatic rings. The quantitative estimate of drug-likeness (QED) is 0.811. The van der Waals surface area contributed by atoms with E-state index < -0.39 is 6.10 Å². The summed E-state index contributed by atoms with van der Waals surface area (Å²) in [6, 6.07) is 5.11. The van der Waals surface area contributed by atoms with Crippen LogP contribution in [0.2, 0.25) is 10.0 Å². The van der Waals surface area contributed by atoms with Crippen LogP contribution < -0.4 is 15.4 Å². The van der Waals surface area contributed by atoms with Gasteiger partial charge in [-0.05, 0) is 50.9 Å². The summed E-state index contributed by atoms with van der Waals surface area (Å²) in [6.45, 7) is 4.48. The van der Waals surface area contributed by atoms with Gasteiger partial charge in [-0.1, -0.05) is 29.3 Å².